The van der Waals surface area contributed by atoms with Crippen molar-refractivity contribution in [3.8, 4) is 6.07 Å². The molecule has 0 fully saturated rings. The van der Waals surface area contributed by atoms with E-state index >= 15 is 0 Å². The molecule has 1 aromatic rings. The van der Waals surface area contributed by atoms with Crippen molar-refractivity contribution < 1.29 is 8.42 Å². The summed E-state index contributed by atoms with van der Waals surface area (Å²) in [4.78, 5) is 0.161. The van der Waals surface area contributed by atoms with Gasteiger partial charge in [-0.2, -0.15) is 9.57 Å². The Kier molecular flexibility index (Phi) is 5.56. The molecule has 0 aliphatic carbocycles. The molecule has 7 heteroatoms. The Balaban J connectivity index is 3.42. The van der Waals surface area contributed by atoms with Crippen LogP contribution in [0, 0.1) is 18.3 Å². The van der Waals surface area contributed by atoms with Crippen molar-refractivity contribution in [2.24, 2.45) is 0 Å². The first-order valence-electron chi connectivity index (χ1n) is 5.56. The predicted molar refractivity (Wildman–Crippen MR) is 81.2 cm³/mol. The van der Waals surface area contributed by atoms with E-state index in [-0.39, 0.29) is 17.5 Å². The summed E-state index contributed by atoms with van der Waals surface area (Å²) in [6.45, 7) is 5.19. The largest absolute Gasteiger partial charge is 0.245 e. The molecule has 0 atom stereocenters. The van der Waals surface area contributed by atoms with Crippen LogP contribution in [0.15, 0.2) is 26.0 Å². The summed E-state index contributed by atoms with van der Waals surface area (Å²) in [6, 6.07) is 4.90. The molecule has 0 aromatic heterocycles. The number of sulfonamides is 1. The molecule has 0 aliphatic rings. The van der Waals surface area contributed by atoms with Crippen LogP contribution in [-0.4, -0.2) is 25.3 Å². The second kappa shape index (κ2) is 6.35. The van der Waals surface area contributed by atoms with Crippen molar-refractivity contribution in [1.29, 1.82) is 5.26 Å². The van der Waals surface area contributed by atoms with Crippen LogP contribution in [0.2, 0.25) is 0 Å². The SMILES string of the molecule is Cc1cc(Br)c(S(=O)(=O)N(CC#N)C(C)C)cc1Br. The van der Waals surface area contributed by atoms with Gasteiger partial charge in [-0.25, -0.2) is 8.42 Å². The van der Waals surface area contributed by atoms with Gasteiger partial charge in [-0.1, -0.05) is 15.9 Å². The molecule has 1 aromatic carbocycles. The average molecular weight is 410 g/mol. The maximum Gasteiger partial charge on any atom is 0.245 e. The number of hydrogen-bond acceptors (Lipinski definition) is 3. The highest BCUT2D eigenvalue weighted by Crippen LogP contribution is 2.31. The smallest absolute Gasteiger partial charge is 0.207 e. The van der Waals surface area contributed by atoms with E-state index in [0.29, 0.717) is 4.47 Å². The molecule has 0 saturated heterocycles. The second-order valence-electron chi connectivity index (χ2n) is 4.33. The third-order valence-corrected chi connectivity index (χ3v) is 6.44. The minimum atomic E-state index is -3.70. The molecule has 19 heavy (non-hydrogen) atoms. The number of nitrogens with zero attached hydrogens (tertiary/aromatic N) is 2. The van der Waals surface area contributed by atoms with Gasteiger partial charge in [-0.3, -0.25) is 0 Å². The zero-order valence-corrected chi connectivity index (χ0v) is 14.8. The molecule has 0 aliphatic heterocycles. The molecule has 0 bridgehead atoms. The van der Waals surface area contributed by atoms with Crippen LogP contribution in [0.25, 0.3) is 0 Å². The Morgan fingerprint density at radius 2 is 1.89 bits per heavy atom. The normalized spacial score (nSPS) is 11.9. The summed E-state index contributed by atoms with van der Waals surface area (Å²) >= 11 is 6.61. The minimum Gasteiger partial charge on any atom is -0.207 e. The van der Waals surface area contributed by atoms with Crippen molar-refractivity contribution in [1.82, 2.24) is 4.31 Å². The Bertz CT molecular complexity index is 621. The summed E-state index contributed by atoms with van der Waals surface area (Å²) < 4.78 is 27.5. The lowest BCUT2D eigenvalue weighted by Gasteiger charge is -2.24. The lowest BCUT2D eigenvalue weighted by Crippen LogP contribution is -2.37. The van der Waals surface area contributed by atoms with Gasteiger partial charge in [0.05, 0.1) is 11.0 Å². The molecule has 0 spiro atoms. The third kappa shape index (κ3) is 3.57. The van der Waals surface area contributed by atoms with Crippen molar-refractivity contribution in [3.63, 3.8) is 0 Å². The summed E-state index contributed by atoms with van der Waals surface area (Å²) in [5.74, 6) is 0. The quantitative estimate of drug-likeness (QED) is 0.715. The van der Waals surface area contributed by atoms with Crippen LogP contribution in [-0.2, 0) is 10.0 Å². The number of halogens is 2. The molecule has 0 unspecified atom stereocenters. The van der Waals surface area contributed by atoms with Crippen LogP contribution >= 0.6 is 31.9 Å². The van der Waals surface area contributed by atoms with Crippen LogP contribution in [0.5, 0.6) is 0 Å². The van der Waals surface area contributed by atoms with E-state index in [1.54, 1.807) is 26.0 Å². The number of rotatable bonds is 4. The maximum atomic E-state index is 12.6. The first-order valence-corrected chi connectivity index (χ1v) is 8.59. The molecule has 4 nitrogen and oxygen atoms in total. The predicted octanol–water partition coefficient (Wildman–Crippen LogP) is 3.44. The summed E-state index contributed by atoms with van der Waals surface area (Å²) in [5.41, 5.74) is 0.933. The van der Waals surface area contributed by atoms with Gasteiger partial charge in [0.15, 0.2) is 0 Å². The molecule has 0 radical (unpaired) electrons. The first-order chi connectivity index (χ1) is 8.71. The van der Waals surface area contributed by atoms with Crippen LogP contribution in [0.4, 0.5) is 0 Å². The zero-order chi connectivity index (χ0) is 14.8. The highest BCUT2D eigenvalue weighted by Gasteiger charge is 2.29. The van der Waals surface area contributed by atoms with Crippen LogP contribution < -0.4 is 0 Å². The van der Waals surface area contributed by atoms with Crippen molar-refractivity contribution >= 4 is 41.9 Å². The van der Waals surface area contributed by atoms with Crippen LogP contribution in [0.3, 0.4) is 0 Å². The second-order valence-corrected chi connectivity index (χ2v) is 7.90. The molecule has 0 N–H and O–H groups in total. The minimum absolute atomic E-state index is 0.161. The summed E-state index contributed by atoms with van der Waals surface area (Å²) in [5, 5.41) is 8.79. The number of benzene rings is 1. The van der Waals surface area contributed by atoms with E-state index in [2.05, 4.69) is 31.9 Å². The van der Waals surface area contributed by atoms with Gasteiger partial charge >= 0.3 is 0 Å². The fourth-order valence-electron chi connectivity index (χ4n) is 1.57. The molecule has 0 saturated carbocycles. The van der Waals surface area contributed by atoms with E-state index in [1.165, 1.54) is 4.31 Å². The fraction of sp³-hybridized carbons (Fsp3) is 0.417. The van der Waals surface area contributed by atoms with Gasteiger partial charge in [0, 0.05) is 15.0 Å². The average Bonchev–Trinajstić information content (AvgIpc) is 2.29. The van der Waals surface area contributed by atoms with E-state index in [0.717, 1.165) is 10.0 Å². The van der Waals surface area contributed by atoms with Crippen LogP contribution in [0.1, 0.15) is 19.4 Å². The highest BCUT2D eigenvalue weighted by atomic mass is 79.9. The third-order valence-electron chi connectivity index (χ3n) is 2.60. The molecular weight excluding hydrogens is 396 g/mol. The van der Waals surface area contributed by atoms with E-state index in [1.807, 2.05) is 13.0 Å². The monoisotopic (exact) mass is 408 g/mol. The van der Waals surface area contributed by atoms with Crippen molar-refractivity contribution in [3.05, 3.63) is 26.6 Å². The van der Waals surface area contributed by atoms with Gasteiger partial charge in [0.1, 0.15) is 6.54 Å². The lowest BCUT2D eigenvalue weighted by atomic mass is 10.2. The molecule has 1 rings (SSSR count). The molecule has 0 amide bonds. The van der Waals surface area contributed by atoms with Gasteiger partial charge in [-0.15, -0.1) is 0 Å². The highest BCUT2D eigenvalue weighted by molar-refractivity contribution is 9.11. The molecule has 104 valence electrons. The Hall–Kier alpha value is -0.420. The van der Waals surface area contributed by atoms with E-state index < -0.39 is 10.0 Å². The Labute approximate surface area is 130 Å². The lowest BCUT2D eigenvalue weighted by molar-refractivity contribution is 0.385. The topological polar surface area (TPSA) is 61.2 Å². The number of hydrogen-bond donors (Lipinski definition) is 0. The van der Waals surface area contributed by atoms with Crippen molar-refractivity contribution in [2.75, 3.05) is 6.54 Å². The maximum absolute atomic E-state index is 12.6. The zero-order valence-electron chi connectivity index (χ0n) is 10.8. The van der Waals surface area contributed by atoms with Crippen molar-refractivity contribution in [2.45, 2.75) is 31.7 Å². The fourth-order valence-corrected chi connectivity index (χ4v) is 4.74. The van der Waals surface area contributed by atoms with E-state index in [9.17, 15) is 8.42 Å². The molecule has 0 heterocycles. The Morgan fingerprint density at radius 3 is 2.37 bits per heavy atom. The molecular formula is C12H14Br2N2O2S. The standard InChI is InChI=1S/C12H14Br2N2O2S/c1-8(2)16(5-4-15)19(17,18)12-7-10(13)9(3)6-11(12)14/h6-8H,5H2,1-3H3. The number of aryl methyl sites for hydroxylation is 1. The van der Waals surface area contributed by atoms with Gasteiger partial charge in [-0.05, 0) is 54.4 Å². The summed E-state index contributed by atoms with van der Waals surface area (Å²) in [7, 11) is -3.70. The van der Waals surface area contributed by atoms with E-state index in [4.69, 9.17) is 5.26 Å². The summed E-state index contributed by atoms with van der Waals surface area (Å²) in [6.07, 6.45) is 0. The Morgan fingerprint density at radius 1 is 1.32 bits per heavy atom. The number of nitriles is 1. The van der Waals surface area contributed by atoms with Gasteiger partial charge < -0.3 is 0 Å². The van der Waals surface area contributed by atoms with Gasteiger partial charge in [0.2, 0.25) is 10.0 Å². The van der Waals surface area contributed by atoms with Gasteiger partial charge in [0.25, 0.3) is 0 Å². The first kappa shape index (κ1) is 16.6.